The first-order chi connectivity index (χ1) is 12.9. The van der Waals surface area contributed by atoms with Crippen LogP contribution in [0.25, 0.3) is 0 Å². The molecule has 0 saturated carbocycles. The van der Waals surface area contributed by atoms with Crippen LogP contribution >= 0.6 is 0 Å². The maximum absolute atomic E-state index is 12.4. The largest absolute Gasteiger partial charge is 0.481 e. The van der Waals surface area contributed by atoms with Crippen molar-refractivity contribution in [1.29, 1.82) is 0 Å². The van der Waals surface area contributed by atoms with Crippen LogP contribution < -0.4 is 5.32 Å². The quantitative estimate of drug-likeness (QED) is 0.693. The molecule has 1 amide bonds. The third kappa shape index (κ3) is 5.17. The fourth-order valence-corrected chi connectivity index (χ4v) is 2.60. The Labute approximate surface area is 158 Å². The first-order valence-corrected chi connectivity index (χ1v) is 8.73. The Kier molecular flexibility index (Phi) is 6.71. The number of carboxylic acids is 1. The van der Waals surface area contributed by atoms with Crippen molar-refractivity contribution >= 4 is 23.5 Å². The van der Waals surface area contributed by atoms with E-state index in [0.29, 0.717) is 23.4 Å². The average Bonchev–Trinajstić information content (AvgIpc) is 2.67. The van der Waals surface area contributed by atoms with Crippen molar-refractivity contribution in [3.8, 4) is 0 Å². The predicted molar refractivity (Wildman–Crippen MR) is 102 cm³/mol. The number of amides is 1. The zero-order chi connectivity index (χ0) is 19.9. The number of hydrogen-bond donors (Lipinski definition) is 2. The van der Waals surface area contributed by atoms with Crippen molar-refractivity contribution in [2.24, 2.45) is 0 Å². The molecule has 0 spiro atoms. The van der Waals surface area contributed by atoms with Crippen molar-refractivity contribution in [1.82, 2.24) is 0 Å². The van der Waals surface area contributed by atoms with Crippen LogP contribution in [0.1, 0.15) is 42.6 Å². The molecular formula is C21H23NO5. The second-order valence-corrected chi connectivity index (χ2v) is 6.44. The molecule has 0 aliphatic heterocycles. The summed E-state index contributed by atoms with van der Waals surface area (Å²) in [5.41, 5.74) is 0.0884. The molecule has 0 bridgehead atoms. The van der Waals surface area contributed by atoms with Crippen LogP contribution in [0.2, 0.25) is 0 Å². The Morgan fingerprint density at radius 2 is 1.67 bits per heavy atom. The van der Waals surface area contributed by atoms with Gasteiger partial charge in [0, 0.05) is 12.1 Å². The summed E-state index contributed by atoms with van der Waals surface area (Å²) in [5, 5.41) is 12.3. The second-order valence-electron chi connectivity index (χ2n) is 6.44. The fraction of sp³-hybridized carbons (Fsp3) is 0.286. The van der Waals surface area contributed by atoms with E-state index in [-0.39, 0.29) is 6.42 Å². The minimum absolute atomic E-state index is 0.216. The maximum atomic E-state index is 12.4. The van der Waals surface area contributed by atoms with Crippen molar-refractivity contribution in [3.05, 3.63) is 65.7 Å². The van der Waals surface area contributed by atoms with E-state index in [4.69, 9.17) is 4.74 Å². The lowest BCUT2D eigenvalue weighted by molar-refractivity contribution is -0.145. The summed E-state index contributed by atoms with van der Waals surface area (Å²) in [7, 11) is 0. The summed E-state index contributed by atoms with van der Waals surface area (Å²) in [5.74, 6) is -1.92. The molecule has 2 N–H and O–H groups in total. The summed E-state index contributed by atoms with van der Waals surface area (Å²) in [4.78, 5) is 36.0. The smallest absolute Gasteiger partial charge is 0.338 e. The molecule has 1 atom stereocenters. The second kappa shape index (κ2) is 8.98. The molecule has 142 valence electrons. The Balaban J connectivity index is 2.06. The molecule has 0 radical (unpaired) electrons. The highest BCUT2D eigenvalue weighted by Crippen LogP contribution is 2.28. The van der Waals surface area contributed by atoms with Gasteiger partial charge in [0.2, 0.25) is 5.91 Å². The van der Waals surface area contributed by atoms with E-state index in [1.165, 1.54) is 6.92 Å². The highest BCUT2D eigenvalue weighted by molar-refractivity contribution is 5.97. The highest BCUT2D eigenvalue weighted by atomic mass is 16.5. The minimum Gasteiger partial charge on any atom is -0.481 e. The van der Waals surface area contributed by atoms with E-state index in [1.807, 2.05) is 6.92 Å². The Morgan fingerprint density at radius 1 is 1.04 bits per heavy atom. The number of nitrogens with one attached hydrogen (secondary N) is 1. The van der Waals surface area contributed by atoms with E-state index >= 15 is 0 Å². The predicted octanol–water partition coefficient (Wildman–Crippen LogP) is 3.62. The van der Waals surface area contributed by atoms with E-state index < -0.39 is 23.3 Å². The van der Waals surface area contributed by atoms with Crippen LogP contribution in [0.5, 0.6) is 0 Å². The molecule has 0 fully saturated rings. The van der Waals surface area contributed by atoms with Gasteiger partial charge in [0.1, 0.15) is 0 Å². The van der Waals surface area contributed by atoms with Crippen LogP contribution in [0.4, 0.5) is 5.69 Å². The summed E-state index contributed by atoms with van der Waals surface area (Å²) in [6.45, 7) is 3.79. The fourth-order valence-electron chi connectivity index (χ4n) is 2.60. The van der Waals surface area contributed by atoms with Gasteiger partial charge in [-0.25, -0.2) is 4.79 Å². The monoisotopic (exact) mass is 369 g/mol. The van der Waals surface area contributed by atoms with Crippen molar-refractivity contribution < 1.29 is 24.2 Å². The number of carboxylic acid groups (broad SMARTS) is 1. The van der Waals surface area contributed by atoms with E-state index in [1.54, 1.807) is 54.6 Å². The van der Waals surface area contributed by atoms with Crippen molar-refractivity contribution in [2.45, 2.75) is 32.1 Å². The zero-order valence-corrected chi connectivity index (χ0v) is 15.4. The normalized spacial score (nSPS) is 12.7. The molecule has 0 saturated heterocycles. The topological polar surface area (TPSA) is 92.7 Å². The Morgan fingerprint density at radius 3 is 2.22 bits per heavy atom. The number of hydrogen-bond acceptors (Lipinski definition) is 4. The summed E-state index contributed by atoms with van der Waals surface area (Å²) >= 11 is 0. The number of carbonyl (C=O) groups excluding carboxylic acids is 2. The lowest BCUT2D eigenvalue weighted by Gasteiger charge is -2.24. The number of anilines is 1. The molecular weight excluding hydrogens is 346 g/mol. The van der Waals surface area contributed by atoms with E-state index in [0.717, 1.165) is 6.42 Å². The molecule has 2 aromatic carbocycles. The standard InChI is InChI=1S/C21H23NO5/c1-3-13-27-19(24)15-9-11-17(12-10-15)22-18(23)14-21(2,20(25)26)16-7-5-4-6-8-16/h4-12H,3,13-14H2,1-2H3,(H,22,23)(H,25,26). The molecule has 27 heavy (non-hydrogen) atoms. The number of carbonyl (C=O) groups is 3. The Bertz CT molecular complexity index is 801. The first-order valence-electron chi connectivity index (χ1n) is 8.73. The van der Waals surface area contributed by atoms with E-state index in [2.05, 4.69) is 5.32 Å². The van der Waals surface area contributed by atoms with Gasteiger partial charge in [0.05, 0.1) is 17.6 Å². The van der Waals surface area contributed by atoms with Gasteiger partial charge in [0.15, 0.2) is 0 Å². The lowest BCUT2D eigenvalue weighted by atomic mass is 9.79. The van der Waals surface area contributed by atoms with Gasteiger partial charge in [-0.2, -0.15) is 0 Å². The summed E-state index contributed by atoms with van der Waals surface area (Å²) in [6.07, 6.45) is 0.524. The zero-order valence-electron chi connectivity index (χ0n) is 15.4. The van der Waals surface area contributed by atoms with Crippen LogP contribution in [0.15, 0.2) is 54.6 Å². The third-order valence-electron chi connectivity index (χ3n) is 4.24. The van der Waals surface area contributed by atoms with Crippen LogP contribution in [0, 0.1) is 0 Å². The molecule has 0 aliphatic carbocycles. The number of benzene rings is 2. The molecule has 0 heterocycles. The molecule has 6 nitrogen and oxygen atoms in total. The Hall–Kier alpha value is -3.15. The van der Waals surface area contributed by atoms with Crippen molar-refractivity contribution in [2.75, 3.05) is 11.9 Å². The van der Waals surface area contributed by atoms with Crippen LogP contribution in [-0.4, -0.2) is 29.6 Å². The molecule has 2 aromatic rings. The molecule has 2 rings (SSSR count). The molecule has 0 aliphatic rings. The SMILES string of the molecule is CCCOC(=O)c1ccc(NC(=O)CC(C)(C(=O)O)c2ccccc2)cc1. The summed E-state index contributed by atoms with van der Waals surface area (Å²) < 4.78 is 5.05. The molecule has 6 heteroatoms. The third-order valence-corrected chi connectivity index (χ3v) is 4.24. The number of rotatable bonds is 8. The maximum Gasteiger partial charge on any atom is 0.338 e. The van der Waals surface area contributed by atoms with Gasteiger partial charge in [-0.15, -0.1) is 0 Å². The number of esters is 1. The average molecular weight is 369 g/mol. The minimum atomic E-state index is -1.34. The van der Waals surface area contributed by atoms with E-state index in [9.17, 15) is 19.5 Å². The van der Waals surface area contributed by atoms with Gasteiger partial charge < -0.3 is 15.2 Å². The number of ether oxygens (including phenoxy) is 1. The van der Waals surface area contributed by atoms with Crippen LogP contribution in [0.3, 0.4) is 0 Å². The summed E-state index contributed by atoms with van der Waals surface area (Å²) in [6, 6.07) is 14.9. The first kappa shape index (κ1) is 20.2. The molecule has 1 unspecified atom stereocenters. The highest BCUT2D eigenvalue weighted by Gasteiger charge is 2.37. The van der Waals surface area contributed by atoms with Crippen LogP contribution in [-0.2, 0) is 19.7 Å². The molecule has 0 aromatic heterocycles. The van der Waals surface area contributed by atoms with Gasteiger partial charge in [-0.3, -0.25) is 9.59 Å². The van der Waals surface area contributed by atoms with Gasteiger partial charge in [0.25, 0.3) is 0 Å². The van der Waals surface area contributed by atoms with Gasteiger partial charge >= 0.3 is 11.9 Å². The van der Waals surface area contributed by atoms with Crippen molar-refractivity contribution in [3.63, 3.8) is 0 Å². The van der Waals surface area contributed by atoms with Gasteiger partial charge in [-0.05, 0) is 43.2 Å². The van der Waals surface area contributed by atoms with Gasteiger partial charge in [-0.1, -0.05) is 37.3 Å². The lowest BCUT2D eigenvalue weighted by Crippen LogP contribution is -2.36. The number of aliphatic carboxylic acids is 1.